The van der Waals surface area contributed by atoms with Crippen molar-refractivity contribution in [2.24, 2.45) is 5.92 Å². The van der Waals surface area contributed by atoms with E-state index in [0.29, 0.717) is 31.1 Å². The summed E-state index contributed by atoms with van der Waals surface area (Å²) in [4.78, 5) is 5.54. The van der Waals surface area contributed by atoms with Crippen LogP contribution in [0.25, 0.3) is 0 Å². The highest BCUT2D eigenvalue weighted by atomic mass is 16.7. The molecule has 2 rings (SSSR count). The van der Waals surface area contributed by atoms with Crippen molar-refractivity contribution in [1.82, 2.24) is 5.06 Å². The standard InChI is InChI=1S/C15H17N3O3/c1-19-13-5-4-11(8-14(13)20-2)15-12(9-17)10-21-18(15)7-3-6-16/h4-5,8,12,15H,3,7,10H2,1-2H3/t12-,15+/m1/s1. The van der Waals surface area contributed by atoms with Gasteiger partial charge in [0.2, 0.25) is 0 Å². The minimum Gasteiger partial charge on any atom is -0.493 e. The Kier molecular flexibility index (Phi) is 4.99. The number of nitriles is 2. The number of hydroxylamine groups is 2. The molecule has 6 nitrogen and oxygen atoms in total. The fraction of sp³-hybridized carbons (Fsp3) is 0.467. The third kappa shape index (κ3) is 3.08. The van der Waals surface area contributed by atoms with Gasteiger partial charge in [0, 0.05) is 6.54 Å². The first-order valence-electron chi connectivity index (χ1n) is 6.63. The maximum atomic E-state index is 9.29. The first-order valence-corrected chi connectivity index (χ1v) is 6.63. The second kappa shape index (κ2) is 6.94. The van der Waals surface area contributed by atoms with E-state index in [2.05, 4.69) is 12.1 Å². The lowest BCUT2D eigenvalue weighted by atomic mass is 9.95. The number of methoxy groups -OCH3 is 2. The summed E-state index contributed by atoms with van der Waals surface area (Å²) in [5.41, 5.74) is 0.912. The molecule has 1 aliphatic rings. The van der Waals surface area contributed by atoms with Gasteiger partial charge in [0.15, 0.2) is 11.5 Å². The maximum Gasteiger partial charge on any atom is 0.161 e. The Balaban J connectivity index is 2.32. The molecule has 0 radical (unpaired) electrons. The molecule has 0 amide bonds. The summed E-state index contributed by atoms with van der Waals surface area (Å²) in [5, 5.41) is 19.7. The van der Waals surface area contributed by atoms with E-state index in [0.717, 1.165) is 5.56 Å². The second-order valence-corrected chi connectivity index (χ2v) is 4.64. The Bertz CT molecular complexity index is 577. The largest absolute Gasteiger partial charge is 0.493 e. The molecule has 0 unspecified atom stereocenters. The predicted octanol–water partition coefficient (Wildman–Crippen LogP) is 2.05. The first kappa shape index (κ1) is 15.1. The van der Waals surface area contributed by atoms with Crippen LogP contribution in [-0.4, -0.2) is 32.4 Å². The predicted molar refractivity (Wildman–Crippen MR) is 74.3 cm³/mol. The van der Waals surface area contributed by atoms with Crippen LogP contribution in [0, 0.1) is 28.6 Å². The van der Waals surface area contributed by atoms with E-state index in [-0.39, 0.29) is 12.0 Å². The minimum atomic E-state index is -0.276. The van der Waals surface area contributed by atoms with Crippen LogP contribution in [0.3, 0.4) is 0 Å². The molecule has 110 valence electrons. The molecule has 1 aliphatic heterocycles. The summed E-state index contributed by atoms with van der Waals surface area (Å²) >= 11 is 0. The fourth-order valence-electron chi connectivity index (χ4n) is 2.46. The Morgan fingerprint density at radius 1 is 1.29 bits per heavy atom. The molecule has 6 heteroatoms. The van der Waals surface area contributed by atoms with Crippen LogP contribution in [0.1, 0.15) is 18.0 Å². The molecule has 1 fully saturated rings. The number of benzene rings is 1. The van der Waals surface area contributed by atoms with Crippen molar-refractivity contribution in [3.63, 3.8) is 0 Å². The van der Waals surface area contributed by atoms with Crippen LogP contribution in [0.5, 0.6) is 11.5 Å². The highest BCUT2D eigenvalue weighted by molar-refractivity contribution is 5.44. The van der Waals surface area contributed by atoms with Crippen LogP contribution in [0.15, 0.2) is 18.2 Å². The number of rotatable bonds is 5. The van der Waals surface area contributed by atoms with Crippen molar-refractivity contribution in [2.45, 2.75) is 12.5 Å². The second-order valence-electron chi connectivity index (χ2n) is 4.64. The lowest BCUT2D eigenvalue weighted by Gasteiger charge is -2.23. The number of nitrogens with zero attached hydrogens (tertiary/aromatic N) is 3. The number of hydrogen-bond acceptors (Lipinski definition) is 6. The topological polar surface area (TPSA) is 78.5 Å². The molecule has 0 bridgehead atoms. The summed E-state index contributed by atoms with van der Waals surface area (Å²) in [6, 6.07) is 9.70. The van der Waals surface area contributed by atoms with Crippen molar-refractivity contribution in [1.29, 1.82) is 10.5 Å². The van der Waals surface area contributed by atoms with Gasteiger partial charge in [0.25, 0.3) is 0 Å². The average molecular weight is 287 g/mol. The Hall–Kier alpha value is -2.28. The lowest BCUT2D eigenvalue weighted by molar-refractivity contribution is -0.131. The van der Waals surface area contributed by atoms with Gasteiger partial charge >= 0.3 is 0 Å². The zero-order chi connectivity index (χ0) is 15.2. The quantitative estimate of drug-likeness (QED) is 0.824. The van der Waals surface area contributed by atoms with Gasteiger partial charge in [-0.15, -0.1) is 0 Å². The minimum absolute atomic E-state index is 0.205. The van der Waals surface area contributed by atoms with Crippen LogP contribution in [-0.2, 0) is 4.84 Å². The van der Waals surface area contributed by atoms with Gasteiger partial charge in [-0.3, -0.25) is 4.84 Å². The molecule has 0 N–H and O–H groups in total. The van der Waals surface area contributed by atoms with Crippen LogP contribution < -0.4 is 9.47 Å². The molecule has 0 spiro atoms. The maximum absolute atomic E-state index is 9.29. The van der Waals surface area contributed by atoms with Gasteiger partial charge in [0.1, 0.15) is 0 Å². The van der Waals surface area contributed by atoms with Crippen molar-refractivity contribution >= 4 is 0 Å². The van der Waals surface area contributed by atoms with Gasteiger partial charge in [-0.05, 0) is 17.7 Å². The molecule has 1 saturated heterocycles. The number of hydrogen-bond donors (Lipinski definition) is 0. The summed E-state index contributed by atoms with van der Waals surface area (Å²) in [6.07, 6.45) is 0.349. The summed E-state index contributed by atoms with van der Waals surface area (Å²) in [5.74, 6) is 0.970. The molecule has 0 aliphatic carbocycles. The average Bonchev–Trinajstić information content (AvgIpc) is 2.95. The normalized spacial score (nSPS) is 21.5. The lowest BCUT2D eigenvalue weighted by Crippen LogP contribution is -2.25. The van der Waals surface area contributed by atoms with E-state index in [1.54, 1.807) is 19.3 Å². The van der Waals surface area contributed by atoms with Crippen molar-refractivity contribution in [3.05, 3.63) is 23.8 Å². The first-order chi connectivity index (χ1) is 10.2. The Morgan fingerprint density at radius 2 is 2.05 bits per heavy atom. The molecular weight excluding hydrogens is 270 g/mol. The summed E-state index contributed by atoms with van der Waals surface area (Å²) < 4.78 is 10.5. The molecule has 1 aromatic carbocycles. The molecule has 0 aromatic heterocycles. The van der Waals surface area contributed by atoms with Crippen LogP contribution >= 0.6 is 0 Å². The molecule has 1 heterocycles. The van der Waals surface area contributed by atoms with Crippen LogP contribution in [0.2, 0.25) is 0 Å². The Morgan fingerprint density at radius 3 is 2.67 bits per heavy atom. The highest BCUT2D eigenvalue weighted by Gasteiger charge is 2.37. The van der Waals surface area contributed by atoms with E-state index in [9.17, 15) is 5.26 Å². The monoisotopic (exact) mass is 287 g/mol. The third-order valence-electron chi connectivity index (χ3n) is 3.47. The smallest absolute Gasteiger partial charge is 0.161 e. The van der Waals surface area contributed by atoms with Gasteiger partial charge in [0.05, 0.1) is 51.3 Å². The van der Waals surface area contributed by atoms with Crippen molar-refractivity contribution < 1.29 is 14.3 Å². The number of ether oxygens (including phenoxy) is 2. The van der Waals surface area contributed by atoms with E-state index in [1.165, 1.54) is 0 Å². The summed E-state index contributed by atoms with van der Waals surface area (Å²) in [7, 11) is 3.15. The van der Waals surface area contributed by atoms with Crippen molar-refractivity contribution in [3.8, 4) is 23.6 Å². The molecular formula is C15H17N3O3. The fourth-order valence-corrected chi connectivity index (χ4v) is 2.46. The molecule has 1 aromatic rings. The SMILES string of the molecule is COc1ccc([C@H]2[C@H](C#N)CON2CCC#N)cc1OC. The van der Waals surface area contributed by atoms with Crippen molar-refractivity contribution in [2.75, 3.05) is 27.4 Å². The van der Waals surface area contributed by atoms with Gasteiger partial charge in [-0.1, -0.05) is 6.07 Å². The zero-order valence-electron chi connectivity index (χ0n) is 12.1. The summed E-state index contributed by atoms with van der Waals surface area (Å²) in [6.45, 7) is 0.800. The molecule has 0 saturated carbocycles. The van der Waals surface area contributed by atoms with E-state index >= 15 is 0 Å². The highest BCUT2D eigenvalue weighted by Crippen LogP contribution is 2.38. The zero-order valence-corrected chi connectivity index (χ0v) is 12.1. The van der Waals surface area contributed by atoms with Gasteiger partial charge in [-0.2, -0.15) is 15.6 Å². The molecule has 21 heavy (non-hydrogen) atoms. The molecule has 2 atom stereocenters. The Labute approximate surface area is 124 Å². The van der Waals surface area contributed by atoms with Gasteiger partial charge < -0.3 is 9.47 Å². The third-order valence-corrected chi connectivity index (χ3v) is 3.47. The van der Waals surface area contributed by atoms with E-state index in [1.807, 2.05) is 18.2 Å². The van der Waals surface area contributed by atoms with E-state index in [4.69, 9.17) is 19.6 Å². The van der Waals surface area contributed by atoms with Crippen LogP contribution in [0.4, 0.5) is 0 Å². The van der Waals surface area contributed by atoms with Gasteiger partial charge in [-0.25, -0.2) is 0 Å². The van der Waals surface area contributed by atoms with E-state index < -0.39 is 0 Å².